The maximum atomic E-state index is 5.13. The zero-order valence-corrected chi connectivity index (χ0v) is 18.7. The molecule has 0 aliphatic rings. The third-order valence-electron chi connectivity index (χ3n) is 2.05. The average Bonchev–Trinajstić information content (AvgIpc) is 2.53. The number of rotatable bonds is 14. The van der Waals surface area contributed by atoms with E-state index in [1.165, 1.54) is 0 Å². The Kier molecular flexibility index (Phi) is 32.4. The molecular weight excluding hydrogens is 451 g/mol. The van der Waals surface area contributed by atoms with Crippen LogP contribution in [0.15, 0.2) is 0 Å². The molecule has 152 valence electrons. The molecule has 11 heteroatoms. The quantitative estimate of drug-likeness (QED) is 0.160. The number of hydrogen-bond donors (Lipinski definition) is 0. The molecule has 0 amide bonds. The van der Waals surface area contributed by atoms with Crippen LogP contribution in [0.4, 0.5) is 0 Å². The van der Waals surface area contributed by atoms with Gasteiger partial charge in [0.1, 0.15) is 13.2 Å². The van der Waals surface area contributed by atoms with Gasteiger partial charge in [0, 0.05) is 22.0 Å². The fourth-order valence-corrected chi connectivity index (χ4v) is 1.43. The van der Waals surface area contributed by atoms with E-state index in [0.29, 0.717) is 52.9 Å². The molecule has 25 heavy (non-hydrogen) atoms. The summed E-state index contributed by atoms with van der Waals surface area (Å²) in [6.45, 7) is 9.59. The molecule has 0 unspecified atom stereocenters. The molecule has 0 aliphatic heterocycles. The summed E-state index contributed by atoms with van der Waals surface area (Å²) < 4.78 is 30.3. The topological polar surface area (TPSA) is 55.4 Å². The molecule has 0 radical (unpaired) electrons. The number of hydrogen-bond acceptors (Lipinski definition) is 10. The van der Waals surface area contributed by atoms with Crippen LogP contribution in [-0.4, -0.2) is 74.8 Å². The second-order valence-corrected chi connectivity index (χ2v) is 5.82. The van der Waals surface area contributed by atoms with E-state index >= 15 is 0 Å². The fourth-order valence-electron chi connectivity index (χ4n) is 1.10. The first-order valence-electron chi connectivity index (χ1n) is 7.53. The van der Waals surface area contributed by atoms with Crippen LogP contribution in [0.25, 0.3) is 0 Å². The monoisotopic (exact) mass is 476 g/mol. The van der Waals surface area contributed by atoms with Crippen molar-refractivity contribution in [2.45, 2.75) is 13.8 Å². The molecule has 6 nitrogen and oxygen atoms in total. The molecule has 0 heterocycles. The summed E-state index contributed by atoms with van der Waals surface area (Å²) in [5.74, 6) is 0. The van der Waals surface area contributed by atoms with Crippen molar-refractivity contribution in [1.82, 2.24) is 0 Å². The maximum Gasteiger partial charge on any atom is 2.00 e. The van der Waals surface area contributed by atoms with Crippen molar-refractivity contribution < 1.29 is 44.9 Å². The second-order valence-electron chi connectivity index (χ2n) is 3.82. The SMILES string of the molecule is CCOCCOCCOC(=S)[S-].CCOCCOCCOC(=S)[S-].[Ni+2]. The zero-order chi connectivity index (χ0) is 18.5. The summed E-state index contributed by atoms with van der Waals surface area (Å²) in [6, 6.07) is 0. The largest absolute Gasteiger partial charge is 2.00 e. The van der Waals surface area contributed by atoms with Crippen LogP contribution in [-0.2, 0) is 70.2 Å². The summed E-state index contributed by atoms with van der Waals surface area (Å²) in [5.41, 5.74) is 0. The van der Waals surface area contributed by atoms with Gasteiger partial charge in [0.05, 0.1) is 39.6 Å². The van der Waals surface area contributed by atoms with E-state index in [9.17, 15) is 0 Å². The molecule has 0 aromatic rings. The van der Waals surface area contributed by atoms with E-state index in [2.05, 4.69) is 49.7 Å². The molecule has 0 saturated carbocycles. The summed E-state index contributed by atoms with van der Waals surface area (Å²) in [7, 11) is 0. The van der Waals surface area contributed by atoms with Crippen molar-refractivity contribution >= 4 is 58.5 Å². The van der Waals surface area contributed by atoms with Crippen LogP contribution >= 0.6 is 24.4 Å². The van der Waals surface area contributed by atoms with Crippen molar-refractivity contribution in [2.24, 2.45) is 0 Å². The normalized spacial score (nSPS) is 9.36. The first kappa shape index (κ1) is 30.3. The summed E-state index contributed by atoms with van der Waals surface area (Å²) in [6.07, 6.45) is 0. The van der Waals surface area contributed by atoms with Gasteiger partial charge in [-0.2, -0.15) is 0 Å². The Balaban J connectivity index is -0.000000372. The van der Waals surface area contributed by atoms with Crippen LogP contribution < -0.4 is 0 Å². The molecule has 0 aromatic carbocycles. The second kappa shape index (κ2) is 26.8. The molecule has 0 fully saturated rings. The van der Waals surface area contributed by atoms with Gasteiger partial charge in [-0.05, 0) is 13.8 Å². The van der Waals surface area contributed by atoms with Gasteiger partial charge in [-0.25, -0.2) is 0 Å². The Morgan fingerprint density at radius 2 is 0.880 bits per heavy atom. The summed E-state index contributed by atoms with van der Waals surface area (Å²) >= 11 is 18.1. The molecule has 0 aliphatic carbocycles. The van der Waals surface area contributed by atoms with Crippen LogP contribution in [0, 0.1) is 0 Å². The predicted octanol–water partition coefficient (Wildman–Crippen LogP) is 1.77. The van der Waals surface area contributed by atoms with Crippen molar-refractivity contribution in [3.8, 4) is 0 Å². The van der Waals surface area contributed by atoms with E-state index < -0.39 is 0 Å². The van der Waals surface area contributed by atoms with E-state index in [1.54, 1.807) is 0 Å². The van der Waals surface area contributed by atoms with E-state index in [-0.39, 0.29) is 25.3 Å². The molecule has 0 bridgehead atoms. The van der Waals surface area contributed by atoms with Crippen molar-refractivity contribution in [1.29, 1.82) is 0 Å². The minimum absolute atomic E-state index is 0. The Morgan fingerprint density at radius 3 is 1.16 bits per heavy atom. The molecule has 0 rings (SSSR count). The van der Waals surface area contributed by atoms with Crippen LogP contribution in [0.2, 0.25) is 0 Å². The van der Waals surface area contributed by atoms with Crippen LogP contribution in [0.3, 0.4) is 0 Å². The van der Waals surface area contributed by atoms with Crippen LogP contribution in [0.5, 0.6) is 0 Å². The minimum Gasteiger partial charge on any atom is -0.511 e. The van der Waals surface area contributed by atoms with Crippen molar-refractivity contribution in [3.63, 3.8) is 0 Å². The molecule has 0 saturated heterocycles. The minimum atomic E-state index is 0. The summed E-state index contributed by atoms with van der Waals surface area (Å²) in [5, 5.41) is 0. The maximum absolute atomic E-state index is 5.13. The standard InChI is InChI=1S/2C7H14O3S2.Ni/c2*1-2-8-3-4-9-5-6-10-7(11)12;/h2*2-6H2,1H3,(H,11,12);/q;;+2/p-2. The third kappa shape index (κ3) is 36.3. The smallest absolute Gasteiger partial charge is 0.511 e. The molecule has 0 atom stereocenters. The summed E-state index contributed by atoms with van der Waals surface area (Å²) in [4.78, 5) is 0. The zero-order valence-electron chi connectivity index (χ0n) is 14.5. The van der Waals surface area contributed by atoms with Gasteiger partial charge in [-0.3, -0.25) is 0 Å². The van der Waals surface area contributed by atoms with Crippen LogP contribution in [0.1, 0.15) is 13.8 Å². The number of ether oxygens (including phenoxy) is 6. The molecular formula is C14H26NiO6S4. The van der Waals surface area contributed by atoms with Gasteiger partial charge in [0.25, 0.3) is 0 Å². The van der Waals surface area contributed by atoms with E-state index in [4.69, 9.17) is 28.4 Å². The Hall–Kier alpha value is 0.554. The van der Waals surface area contributed by atoms with Gasteiger partial charge in [0.15, 0.2) is 0 Å². The fraction of sp³-hybridized carbons (Fsp3) is 0.857. The van der Waals surface area contributed by atoms with Gasteiger partial charge in [-0.15, -0.1) is 0 Å². The predicted molar refractivity (Wildman–Crippen MR) is 106 cm³/mol. The third-order valence-corrected chi connectivity index (χ3v) is 2.52. The molecule has 0 N–H and O–H groups in total. The Labute approximate surface area is 182 Å². The van der Waals surface area contributed by atoms with Gasteiger partial charge < -0.3 is 78.1 Å². The first-order chi connectivity index (χ1) is 11.5. The van der Waals surface area contributed by atoms with Gasteiger partial charge >= 0.3 is 16.5 Å². The van der Waals surface area contributed by atoms with E-state index in [1.807, 2.05) is 13.8 Å². The molecule has 0 aromatic heterocycles. The first-order valence-corrected chi connectivity index (χ1v) is 9.16. The van der Waals surface area contributed by atoms with Crippen molar-refractivity contribution in [2.75, 3.05) is 66.1 Å². The molecule has 0 spiro atoms. The van der Waals surface area contributed by atoms with E-state index in [0.717, 1.165) is 13.2 Å². The van der Waals surface area contributed by atoms with Crippen molar-refractivity contribution in [3.05, 3.63) is 0 Å². The van der Waals surface area contributed by atoms with Gasteiger partial charge in [0.2, 0.25) is 0 Å². The van der Waals surface area contributed by atoms with Gasteiger partial charge in [-0.1, -0.05) is 0 Å². The Morgan fingerprint density at radius 1 is 0.600 bits per heavy atom. The average molecular weight is 477 g/mol. The number of thiocarbonyl (C=S) groups is 2. The Bertz CT molecular complexity index is 272.